The number of allylic oxidation sites excluding steroid dienone is 1. The minimum Gasteiger partial charge on any atom is -0.494 e. The summed E-state index contributed by atoms with van der Waals surface area (Å²) in [5.74, 6) is -0.158. The Bertz CT molecular complexity index is 880. The van der Waals surface area contributed by atoms with Crippen molar-refractivity contribution in [1.82, 2.24) is 0 Å². The number of amides is 1. The third-order valence-electron chi connectivity index (χ3n) is 4.39. The minimum atomic E-state index is -0.665. The van der Waals surface area contributed by atoms with Crippen molar-refractivity contribution in [2.24, 2.45) is 0 Å². The molecule has 0 aliphatic carbocycles. The van der Waals surface area contributed by atoms with Gasteiger partial charge in [-0.05, 0) is 63.6 Å². The molecule has 3 rings (SSSR count). The van der Waals surface area contributed by atoms with Crippen LogP contribution in [0.25, 0.3) is 5.57 Å². The molecule has 0 saturated heterocycles. The van der Waals surface area contributed by atoms with Gasteiger partial charge in [0, 0.05) is 5.56 Å². The lowest BCUT2D eigenvalue weighted by atomic mass is 9.88. The molecule has 6 heteroatoms. The molecular formula is C21H23NO5. The zero-order chi connectivity index (χ0) is 19.6. The highest BCUT2D eigenvalue weighted by atomic mass is 16.5. The summed E-state index contributed by atoms with van der Waals surface area (Å²) >= 11 is 0. The van der Waals surface area contributed by atoms with Gasteiger partial charge in [-0.3, -0.25) is 9.69 Å². The van der Waals surface area contributed by atoms with Crippen LogP contribution in [0, 0.1) is 0 Å². The Morgan fingerprint density at radius 1 is 1.22 bits per heavy atom. The van der Waals surface area contributed by atoms with Crippen LogP contribution in [0.2, 0.25) is 0 Å². The molecule has 6 nitrogen and oxygen atoms in total. The first-order chi connectivity index (χ1) is 12.8. The number of carbonyl (C=O) groups excluding carboxylic acids is 2. The van der Waals surface area contributed by atoms with Crippen LogP contribution in [0.1, 0.15) is 43.8 Å². The number of hydrogen-bond acceptors (Lipinski definition) is 5. The molecule has 0 unspecified atom stereocenters. The van der Waals surface area contributed by atoms with E-state index in [0.717, 1.165) is 22.6 Å². The molecule has 2 aromatic rings. The number of hydrogen-bond donors (Lipinski definition) is 0. The fraction of sp³-hybridized carbons (Fsp3) is 0.333. The lowest BCUT2D eigenvalue weighted by Gasteiger charge is -2.41. The molecule has 0 radical (unpaired) electrons. The van der Waals surface area contributed by atoms with Gasteiger partial charge in [0.15, 0.2) is 6.61 Å². The van der Waals surface area contributed by atoms with Gasteiger partial charge in [0.05, 0.1) is 24.1 Å². The number of esters is 1. The summed E-state index contributed by atoms with van der Waals surface area (Å²) in [4.78, 5) is 26.5. The fourth-order valence-corrected chi connectivity index (χ4v) is 3.38. The predicted molar refractivity (Wildman–Crippen MR) is 102 cm³/mol. The number of benzene rings is 1. The van der Waals surface area contributed by atoms with E-state index in [2.05, 4.69) is 0 Å². The Kier molecular flexibility index (Phi) is 5.08. The van der Waals surface area contributed by atoms with Crippen molar-refractivity contribution in [2.45, 2.75) is 33.2 Å². The number of furan rings is 1. The predicted octanol–water partition coefficient (Wildman–Crippen LogP) is 4.06. The molecule has 1 aromatic carbocycles. The lowest BCUT2D eigenvalue weighted by Crippen LogP contribution is -2.50. The Balaban J connectivity index is 1.85. The standard InChI is InChI=1S/C21H23NO5/c1-5-25-15-8-9-17-16(11-15)14(2)12-21(3,4)22(17)19(23)13-27-20(24)18-7-6-10-26-18/h6-12H,5,13H2,1-4H3. The summed E-state index contributed by atoms with van der Waals surface area (Å²) in [6.07, 6.45) is 3.41. The van der Waals surface area contributed by atoms with Crippen molar-refractivity contribution in [2.75, 3.05) is 18.1 Å². The average Bonchev–Trinajstić information content (AvgIpc) is 3.14. The maximum absolute atomic E-state index is 12.9. The van der Waals surface area contributed by atoms with E-state index in [4.69, 9.17) is 13.9 Å². The quantitative estimate of drug-likeness (QED) is 0.743. The monoisotopic (exact) mass is 369 g/mol. The summed E-state index contributed by atoms with van der Waals surface area (Å²) in [7, 11) is 0. The van der Waals surface area contributed by atoms with E-state index in [1.165, 1.54) is 12.3 Å². The van der Waals surface area contributed by atoms with E-state index in [0.29, 0.717) is 6.61 Å². The van der Waals surface area contributed by atoms with Gasteiger partial charge >= 0.3 is 5.97 Å². The van der Waals surface area contributed by atoms with Crippen LogP contribution in [0.3, 0.4) is 0 Å². The summed E-state index contributed by atoms with van der Waals surface area (Å²) in [6, 6.07) is 8.71. The molecule has 142 valence electrons. The number of rotatable bonds is 5. The van der Waals surface area contributed by atoms with Crippen molar-refractivity contribution < 1.29 is 23.5 Å². The van der Waals surface area contributed by atoms with Crippen LogP contribution in [-0.2, 0) is 9.53 Å². The molecule has 1 aliphatic heterocycles. The summed E-state index contributed by atoms with van der Waals surface area (Å²) < 4.78 is 15.7. The van der Waals surface area contributed by atoms with E-state index in [-0.39, 0.29) is 18.3 Å². The molecule has 0 bridgehead atoms. The van der Waals surface area contributed by atoms with Gasteiger partial charge in [-0.15, -0.1) is 0 Å². The number of anilines is 1. The topological polar surface area (TPSA) is 69.0 Å². The maximum Gasteiger partial charge on any atom is 0.374 e. The number of ether oxygens (including phenoxy) is 2. The molecule has 0 saturated carbocycles. The van der Waals surface area contributed by atoms with Gasteiger partial charge in [0.25, 0.3) is 5.91 Å². The van der Waals surface area contributed by atoms with Crippen molar-refractivity contribution in [3.05, 3.63) is 54.0 Å². The van der Waals surface area contributed by atoms with Crippen LogP contribution < -0.4 is 9.64 Å². The van der Waals surface area contributed by atoms with Crippen LogP contribution in [0.4, 0.5) is 5.69 Å². The van der Waals surface area contributed by atoms with Crippen molar-refractivity contribution in [3.8, 4) is 5.75 Å². The van der Waals surface area contributed by atoms with Crippen LogP contribution >= 0.6 is 0 Å². The zero-order valence-electron chi connectivity index (χ0n) is 15.9. The maximum atomic E-state index is 12.9. The minimum absolute atomic E-state index is 0.0678. The number of nitrogens with zero attached hydrogens (tertiary/aromatic N) is 1. The highest BCUT2D eigenvalue weighted by Crippen LogP contribution is 2.40. The Hall–Kier alpha value is -3.02. The largest absolute Gasteiger partial charge is 0.494 e. The van der Waals surface area contributed by atoms with Gasteiger partial charge < -0.3 is 13.9 Å². The first kappa shape index (κ1) is 18.8. The van der Waals surface area contributed by atoms with E-state index in [1.54, 1.807) is 11.0 Å². The first-order valence-electron chi connectivity index (χ1n) is 8.84. The molecule has 1 amide bonds. The highest BCUT2D eigenvalue weighted by molar-refractivity contribution is 6.02. The second kappa shape index (κ2) is 7.31. The molecule has 0 N–H and O–H groups in total. The van der Waals surface area contributed by atoms with Crippen molar-refractivity contribution >= 4 is 23.1 Å². The van der Waals surface area contributed by atoms with Gasteiger partial charge in [-0.1, -0.05) is 6.08 Å². The zero-order valence-corrected chi connectivity index (χ0v) is 15.9. The van der Waals surface area contributed by atoms with E-state index in [9.17, 15) is 9.59 Å². The smallest absolute Gasteiger partial charge is 0.374 e. The second-order valence-corrected chi connectivity index (χ2v) is 6.88. The summed E-state index contributed by atoms with van der Waals surface area (Å²) in [6.45, 7) is 8.02. The van der Waals surface area contributed by atoms with Gasteiger partial charge in [0.1, 0.15) is 5.75 Å². The molecule has 0 fully saturated rings. The summed E-state index contributed by atoms with van der Waals surface area (Å²) in [5.41, 5.74) is 2.19. The highest BCUT2D eigenvalue weighted by Gasteiger charge is 2.36. The van der Waals surface area contributed by atoms with E-state index < -0.39 is 11.5 Å². The molecule has 1 aliphatic rings. The van der Waals surface area contributed by atoms with Crippen molar-refractivity contribution in [3.63, 3.8) is 0 Å². The van der Waals surface area contributed by atoms with Crippen LogP contribution in [0.5, 0.6) is 5.75 Å². The molecule has 1 aromatic heterocycles. The Labute approximate surface area is 158 Å². The van der Waals surface area contributed by atoms with Gasteiger partial charge in [-0.25, -0.2) is 4.79 Å². The fourth-order valence-electron chi connectivity index (χ4n) is 3.38. The van der Waals surface area contributed by atoms with Gasteiger partial charge in [-0.2, -0.15) is 0 Å². The second-order valence-electron chi connectivity index (χ2n) is 6.88. The van der Waals surface area contributed by atoms with Gasteiger partial charge in [0.2, 0.25) is 5.76 Å². The van der Waals surface area contributed by atoms with Crippen LogP contribution in [0.15, 0.2) is 47.1 Å². The normalized spacial score (nSPS) is 15.0. The Morgan fingerprint density at radius 3 is 2.67 bits per heavy atom. The third-order valence-corrected chi connectivity index (χ3v) is 4.39. The SMILES string of the molecule is CCOc1ccc2c(c1)C(C)=CC(C)(C)N2C(=O)COC(=O)c1ccco1. The van der Waals surface area contributed by atoms with E-state index in [1.807, 2.05) is 52.0 Å². The average molecular weight is 369 g/mol. The molecule has 0 spiro atoms. The lowest BCUT2D eigenvalue weighted by molar-refractivity contribution is -0.122. The van der Waals surface area contributed by atoms with E-state index >= 15 is 0 Å². The Morgan fingerprint density at radius 2 is 2.00 bits per heavy atom. The van der Waals surface area contributed by atoms with Crippen LogP contribution in [-0.4, -0.2) is 30.6 Å². The molecule has 0 atom stereocenters. The third kappa shape index (κ3) is 3.74. The molecule has 2 heterocycles. The number of fused-ring (bicyclic) bond motifs is 1. The molecule has 27 heavy (non-hydrogen) atoms. The van der Waals surface area contributed by atoms with Crippen molar-refractivity contribution in [1.29, 1.82) is 0 Å². The first-order valence-corrected chi connectivity index (χ1v) is 8.84. The molecular weight excluding hydrogens is 346 g/mol. The summed E-state index contributed by atoms with van der Waals surface area (Å²) in [5, 5.41) is 0. The number of carbonyl (C=O) groups is 2.